The Morgan fingerprint density at radius 2 is 2.29 bits per heavy atom. The van der Waals surface area contributed by atoms with Crippen LogP contribution in [-0.4, -0.2) is 41.2 Å². The highest BCUT2D eigenvalue weighted by atomic mass is 16.5. The predicted octanol–water partition coefficient (Wildman–Crippen LogP) is 1.43. The molecule has 6 nitrogen and oxygen atoms in total. The van der Waals surface area contributed by atoms with E-state index >= 15 is 0 Å². The number of aromatic nitrogens is 2. The molecule has 2 atom stereocenters. The number of anilines is 1. The van der Waals surface area contributed by atoms with Crippen LogP contribution in [0.25, 0.3) is 0 Å². The molecule has 24 heavy (non-hydrogen) atoms. The van der Waals surface area contributed by atoms with Gasteiger partial charge in [-0.2, -0.15) is 0 Å². The quantitative estimate of drug-likeness (QED) is 0.923. The summed E-state index contributed by atoms with van der Waals surface area (Å²) in [5, 5.41) is 3.14. The van der Waals surface area contributed by atoms with E-state index in [4.69, 9.17) is 4.74 Å². The number of amides is 1. The van der Waals surface area contributed by atoms with E-state index in [2.05, 4.69) is 33.4 Å². The first-order chi connectivity index (χ1) is 11.7. The van der Waals surface area contributed by atoms with E-state index in [-0.39, 0.29) is 18.1 Å². The van der Waals surface area contributed by atoms with Crippen molar-refractivity contribution >= 4 is 11.6 Å². The third-order valence-electron chi connectivity index (χ3n) is 4.87. The average Bonchev–Trinajstić information content (AvgIpc) is 3.28. The van der Waals surface area contributed by atoms with Gasteiger partial charge in [-0.3, -0.25) is 4.79 Å². The number of fused-ring (bicyclic) bond motifs is 1. The number of ether oxygens (including phenoxy) is 1. The number of carbonyl (C=O) groups is 1. The van der Waals surface area contributed by atoms with Crippen LogP contribution in [0.3, 0.4) is 0 Å². The van der Waals surface area contributed by atoms with Crippen LogP contribution in [0.4, 0.5) is 5.69 Å². The van der Waals surface area contributed by atoms with Crippen molar-refractivity contribution in [2.24, 2.45) is 7.05 Å². The molecule has 6 heteroatoms. The zero-order valence-corrected chi connectivity index (χ0v) is 13.8. The molecular formula is C18H22N4O2. The summed E-state index contributed by atoms with van der Waals surface area (Å²) in [6.45, 7) is 1.94. The van der Waals surface area contributed by atoms with E-state index < -0.39 is 0 Å². The van der Waals surface area contributed by atoms with Gasteiger partial charge in [-0.1, -0.05) is 18.2 Å². The van der Waals surface area contributed by atoms with Crippen LogP contribution >= 0.6 is 0 Å². The van der Waals surface area contributed by atoms with Crippen molar-refractivity contribution in [3.05, 3.63) is 48.0 Å². The summed E-state index contributed by atoms with van der Waals surface area (Å²) in [5.41, 5.74) is 2.50. The number of hydrogen-bond donors (Lipinski definition) is 1. The highest BCUT2D eigenvalue weighted by Crippen LogP contribution is 2.29. The molecule has 1 saturated heterocycles. The Bertz CT molecular complexity index is 742. The zero-order valence-electron chi connectivity index (χ0n) is 13.8. The second kappa shape index (κ2) is 6.28. The van der Waals surface area contributed by atoms with Gasteiger partial charge in [0, 0.05) is 38.3 Å². The molecule has 1 aromatic heterocycles. The molecule has 1 fully saturated rings. The number of benzene rings is 1. The molecule has 1 amide bonds. The first-order valence-electron chi connectivity index (χ1n) is 8.43. The molecule has 4 rings (SSSR count). The summed E-state index contributed by atoms with van der Waals surface area (Å²) >= 11 is 0. The minimum atomic E-state index is -0.167. The molecular weight excluding hydrogens is 304 g/mol. The smallest absolute Gasteiger partial charge is 0.239 e. The molecule has 0 saturated carbocycles. The molecule has 0 aliphatic carbocycles. The van der Waals surface area contributed by atoms with Crippen LogP contribution in [0, 0.1) is 0 Å². The summed E-state index contributed by atoms with van der Waals surface area (Å²) in [5.74, 6) is 0.908. The maximum absolute atomic E-state index is 12.5. The minimum Gasteiger partial charge on any atom is -0.368 e. The van der Waals surface area contributed by atoms with Gasteiger partial charge in [0.2, 0.25) is 5.91 Å². The summed E-state index contributed by atoms with van der Waals surface area (Å²) in [7, 11) is 1.95. The van der Waals surface area contributed by atoms with E-state index in [1.165, 1.54) is 11.3 Å². The van der Waals surface area contributed by atoms with Crippen molar-refractivity contribution in [3.8, 4) is 0 Å². The number of para-hydroxylation sites is 1. The first-order valence-corrected chi connectivity index (χ1v) is 8.43. The van der Waals surface area contributed by atoms with E-state index in [0.717, 1.165) is 25.2 Å². The number of nitrogens with one attached hydrogen (secondary N) is 1. The molecule has 3 heterocycles. The van der Waals surface area contributed by atoms with Gasteiger partial charge in [-0.15, -0.1) is 0 Å². The number of rotatable bonds is 4. The lowest BCUT2D eigenvalue weighted by molar-refractivity contribution is -0.120. The van der Waals surface area contributed by atoms with Crippen LogP contribution in [0.15, 0.2) is 36.7 Å². The Morgan fingerprint density at radius 1 is 1.42 bits per heavy atom. The predicted molar refractivity (Wildman–Crippen MR) is 90.8 cm³/mol. The van der Waals surface area contributed by atoms with Crippen molar-refractivity contribution in [2.75, 3.05) is 24.6 Å². The van der Waals surface area contributed by atoms with Crippen LogP contribution in [0.1, 0.15) is 23.9 Å². The standard InChI is InChI=1S/C18H22N4O2/c1-21-10-8-19-18(21)17-14(7-11-24-17)20-16(23)12-22-9-6-13-4-2-3-5-15(13)22/h2-5,8,10,14,17H,6-7,9,11-12H2,1H3,(H,20,23)/t14-,17-/m1/s1. The summed E-state index contributed by atoms with van der Waals surface area (Å²) in [4.78, 5) is 19.0. The van der Waals surface area contributed by atoms with Gasteiger partial charge in [0.1, 0.15) is 11.9 Å². The lowest BCUT2D eigenvalue weighted by Crippen LogP contribution is -2.43. The van der Waals surface area contributed by atoms with Crippen LogP contribution in [-0.2, 0) is 23.0 Å². The van der Waals surface area contributed by atoms with Gasteiger partial charge >= 0.3 is 0 Å². The molecule has 2 aliphatic heterocycles. The van der Waals surface area contributed by atoms with E-state index in [1.54, 1.807) is 6.20 Å². The maximum Gasteiger partial charge on any atom is 0.239 e. The fourth-order valence-corrected chi connectivity index (χ4v) is 3.64. The fraction of sp³-hybridized carbons (Fsp3) is 0.444. The van der Waals surface area contributed by atoms with Gasteiger partial charge in [-0.05, 0) is 24.5 Å². The van der Waals surface area contributed by atoms with Gasteiger partial charge < -0.3 is 19.5 Å². The van der Waals surface area contributed by atoms with Crippen LogP contribution in [0.5, 0.6) is 0 Å². The molecule has 0 unspecified atom stereocenters. The van der Waals surface area contributed by atoms with Crippen LogP contribution < -0.4 is 10.2 Å². The van der Waals surface area contributed by atoms with E-state index in [1.807, 2.05) is 23.9 Å². The monoisotopic (exact) mass is 326 g/mol. The fourth-order valence-electron chi connectivity index (χ4n) is 3.64. The topological polar surface area (TPSA) is 59.4 Å². The van der Waals surface area contributed by atoms with Crippen molar-refractivity contribution < 1.29 is 9.53 Å². The number of aryl methyl sites for hydroxylation is 1. The van der Waals surface area contributed by atoms with E-state index in [9.17, 15) is 4.79 Å². The molecule has 1 N–H and O–H groups in total. The third-order valence-corrected chi connectivity index (χ3v) is 4.87. The number of nitrogens with zero attached hydrogens (tertiary/aromatic N) is 3. The van der Waals surface area contributed by atoms with E-state index in [0.29, 0.717) is 13.2 Å². The Hall–Kier alpha value is -2.34. The second-order valence-electron chi connectivity index (χ2n) is 6.45. The number of imidazole rings is 1. The van der Waals surface area contributed by atoms with Gasteiger partial charge in [0.05, 0.1) is 12.6 Å². The van der Waals surface area contributed by atoms with Crippen molar-refractivity contribution in [1.82, 2.24) is 14.9 Å². The second-order valence-corrected chi connectivity index (χ2v) is 6.45. The molecule has 2 aliphatic rings. The van der Waals surface area contributed by atoms with Crippen molar-refractivity contribution in [3.63, 3.8) is 0 Å². The molecule has 0 bridgehead atoms. The lowest BCUT2D eigenvalue weighted by Gasteiger charge is -2.23. The Labute approximate surface area is 141 Å². The first kappa shape index (κ1) is 15.2. The number of hydrogen-bond acceptors (Lipinski definition) is 4. The van der Waals surface area contributed by atoms with Gasteiger partial charge in [0.25, 0.3) is 0 Å². The normalized spacial score (nSPS) is 22.6. The largest absolute Gasteiger partial charge is 0.368 e. The Balaban J connectivity index is 1.40. The third kappa shape index (κ3) is 2.78. The lowest BCUT2D eigenvalue weighted by atomic mass is 10.1. The minimum absolute atomic E-state index is 0.0172. The summed E-state index contributed by atoms with van der Waals surface area (Å²) in [6.07, 6.45) is 5.32. The highest BCUT2D eigenvalue weighted by molar-refractivity contribution is 5.82. The van der Waals surface area contributed by atoms with Crippen LogP contribution in [0.2, 0.25) is 0 Å². The summed E-state index contributed by atoms with van der Waals surface area (Å²) in [6, 6.07) is 8.28. The molecule has 126 valence electrons. The SMILES string of the molecule is Cn1ccnc1[C@@H]1OCC[C@H]1NC(=O)CN1CCc2ccccc21. The van der Waals surface area contributed by atoms with Gasteiger partial charge in [-0.25, -0.2) is 4.98 Å². The Kier molecular flexibility index (Phi) is 3.98. The molecule has 1 aromatic carbocycles. The van der Waals surface area contributed by atoms with Crippen molar-refractivity contribution in [2.45, 2.75) is 25.0 Å². The maximum atomic E-state index is 12.5. The molecule has 2 aromatic rings. The van der Waals surface area contributed by atoms with Crippen molar-refractivity contribution in [1.29, 1.82) is 0 Å². The highest BCUT2D eigenvalue weighted by Gasteiger charge is 2.34. The number of carbonyl (C=O) groups excluding carboxylic acids is 1. The Morgan fingerprint density at radius 3 is 3.12 bits per heavy atom. The summed E-state index contributed by atoms with van der Waals surface area (Å²) < 4.78 is 7.76. The van der Waals surface area contributed by atoms with Gasteiger partial charge in [0.15, 0.2) is 0 Å². The molecule has 0 spiro atoms. The zero-order chi connectivity index (χ0) is 16.5. The molecule has 0 radical (unpaired) electrons. The average molecular weight is 326 g/mol.